The van der Waals surface area contributed by atoms with Gasteiger partial charge in [-0.1, -0.05) is 206 Å². The van der Waals surface area contributed by atoms with Gasteiger partial charge >= 0.3 is 0 Å². The summed E-state index contributed by atoms with van der Waals surface area (Å²) in [6, 6.07) is 90.2. The molecule has 0 nitrogen and oxygen atoms in total. The summed E-state index contributed by atoms with van der Waals surface area (Å²) < 4.78 is 0. The van der Waals surface area contributed by atoms with E-state index in [-0.39, 0.29) is 0 Å². The summed E-state index contributed by atoms with van der Waals surface area (Å²) in [4.78, 5) is 0. The molecule has 10 aromatic rings. The average Bonchev–Trinajstić information content (AvgIpc) is 3.81. The Morgan fingerprint density at radius 3 is 0.787 bits per heavy atom. The zero-order valence-corrected chi connectivity index (χ0v) is 33.6. The highest BCUT2D eigenvalue weighted by Gasteiger charge is 2.53. The molecule has 0 heterocycles. The molecule has 0 saturated carbocycles. The van der Waals surface area contributed by atoms with E-state index in [9.17, 15) is 0 Å². The predicted octanol–water partition coefficient (Wildman–Crippen LogP) is 16.0. The molecule has 0 atom stereocenters. The maximum Gasteiger partial charge on any atom is 0.0726 e. The zero-order valence-electron chi connectivity index (χ0n) is 33.6. The van der Waals surface area contributed by atoms with Gasteiger partial charge in [0.2, 0.25) is 0 Å². The Morgan fingerprint density at radius 1 is 0.180 bits per heavy atom. The van der Waals surface area contributed by atoms with Gasteiger partial charge in [0.25, 0.3) is 0 Å². The molecule has 0 unspecified atom stereocenters. The molecule has 61 heavy (non-hydrogen) atoms. The Morgan fingerprint density at radius 2 is 0.459 bits per heavy atom. The van der Waals surface area contributed by atoms with Crippen molar-refractivity contribution < 1.29 is 0 Å². The van der Waals surface area contributed by atoms with Crippen LogP contribution in [0.1, 0.15) is 22.3 Å². The second kappa shape index (κ2) is 14.2. The molecule has 0 saturated heterocycles. The van der Waals surface area contributed by atoms with E-state index in [1.165, 1.54) is 111 Å². The van der Waals surface area contributed by atoms with Gasteiger partial charge in [-0.15, -0.1) is 0 Å². The van der Waals surface area contributed by atoms with E-state index in [1.54, 1.807) is 0 Å². The Balaban J connectivity index is 1.30. The molecule has 0 radical (unpaired) electrons. The maximum absolute atomic E-state index is 2.53. The third-order valence-electron chi connectivity index (χ3n) is 13.1. The first-order valence-electron chi connectivity index (χ1n) is 21.2. The van der Waals surface area contributed by atoms with Gasteiger partial charge in [-0.25, -0.2) is 0 Å². The normalized spacial score (nSPS) is 12.7. The summed E-state index contributed by atoms with van der Waals surface area (Å²) in [6.45, 7) is 0. The summed E-state index contributed by atoms with van der Waals surface area (Å²) in [5.41, 5.74) is 24.4. The SMILES string of the molecule is c1ccc(-c2ccc3c(c2)C2(c4cc(-c5ccccc5)ccc4-c4c(-c5ccccc5)cc(-c5ccccc5)cc42)c2cc(-c4ccccc4)cc(-c4ccccc4)c2-3)cc1. The topological polar surface area (TPSA) is 0 Å². The predicted molar refractivity (Wildman–Crippen MR) is 255 cm³/mol. The van der Waals surface area contributed by atoms with Crippen molar-refractivity contribution >= 4 is 0 Å². The lowest BCUT2D eigenvalue weighted by Crippen LogP contribution is -2.26. The van der Waals surface area contributed by atoms with E-state index < -0.39 is 5.41 Å². The summed E-state index contributed by atoms with van der Waals surface area (Å²) in [5.74, 6) is 0. The van der Waals surface area contributed by atoms with E-state index in [0.717, 1.165) is 0 Å². The van der Waals surface area contributed by atoms with E-state index in [1.807, 2.05) is 0 Å². The van der Waals surface area contributed by atoms with Crippen LogP contribution in [0.25, 0.3) is 89.0 Å². The van der Waals surface area contributed by atoms with Crippen molar-refractivity contribution in [2.24, 2.45) is 0 Å². The molecular formula is C61H40. The Labute approximate surface area is 357 Å². The summed E-state index contributed by atoms with van der Waals surface area (Å²) in [7, 11) is 0. The van der Waals surface area contributed by atoms with Crippen LogP contribution in [0.3, 0.4) is 0 Å². The van der Waals surface area contributed by atoms with Crippen LogP contribution in [0.2, 0.25) is 0 Å². The number of hydrogen-bond donors (Lipinski definition) is 0. The number of rotatable bonds is 6. The van der Waals surface area contributed by atoms with Crippen molar-refractivity contribution in [3.05, 3.63) is 265 Å². The highest BCUT2D eigenvalue weighted by atomic mass is 14.5. The zero-order chi connectivity index (χ0) is 40.3. The molecule has 10 aromatic carbocycles. The summed E-state index contributed by atoms with van der Waals surface area (Å²) in [6.07, 6.45) is 0. The fourth-order valence-corrected chi connectivity index (χ4v) is 10.4. The van der Waals surface area contributed by atoms with Crippen LogP contribution in [0.4, 0.5) is 0 Å². The van der Waals surface area contributed by atoms with Crippen LogP contribution < -0.4 is 0 Å². The van der Waals surface area contributed by atoms with Gasteiger partial charge < -0.3 is 0 Å². The van der Waals surface area contributed by atoms with Crippen molar-refractivity contribution in [3.63, 3.8) is 0 Å². The van der Waals surface area contributed by atoms with E-state index in [4.69, 9.17) is 0 Å². The molecule has 2 aliphatic rings. The maximum atomic E-state index is 2.53. The van der Waals surface area contributed by atoms with Gasteiger partial charge in [0, 0.05) is 0 Å². The summed E-state index contributed by atoms with van der Waals surface area (Å²) >= 11 is 0. The molecule has 0 bridgehead atoms. The average molecular weight is 773 g/mol. The van der Waals surface area contributed by atoms with Crippen molar-refractivity contribution in [2.75, 3.05) is 0 Å². The first-order valence-corrected chi connectivity index (χ1v) is 21.2. The number of fused-ring (bicyclic) bond motifs is 10. The largest absolute Gasteiger partial charge is 0.0726 e. The van der Waals surface area contributed by atoms with Crippen molar-refractivity contribution in [3.8, 4) is 89.0 Å². The molecule has 0 fully saturated rings. The minimum atomic E-state index is -0.659. The van der Waals surface area contributed by atoms with Crippen LogP contribution in [0, 0.1) is 0 Å². The third-order valence-corrected chi connectivity index (χ3v) is 13.1. The van der Waals surface area contributed by atoms with Gasteiger partial charge in [-0.3, -0.25) is 0 Å². The fourth-order valence-electron chi connectivity index (χ4n) is 10.4. The fraction of sp³-hybridized carbons (Fsp3) is 0.0164. The molecule has 0 aliphatic heterocycles. The van der Waals surface area contributed by atoms with E-state index in [2.05, 4.69) is 243 Å². The number of hydrogen-bond acceptors (Lipinski definition) is 0. The second-order valence-electron chi connectivity index (χ2n) is 16.4. The Kier molecular flexibility index (Phi) is 8.18. The highest BCUT2D eigenvalue weighted by molar-refractivity contribution is 6.06. The monoisotopic (exact) mass is 772 g/mol. The standard InChI is InChI=1S/C61H40/c1-7-19-41(20-8-1)47-31-33-51-55(37-47)61(57-39-49(43-23-11-3-12-24-43)35-53(59(51)57)45-27-15-5-16-28-45)56-38-48(42-21-9-2-10-22-42)32-34-52(56)60-54(46-29-17-6-18-30-46)36-50(40-58(60)61)44-25-13-4-14-26-44/h1-40H. The molecule has 0 amide bonds. The van der Waals surface area contributed by atoms with Crippen molar-refractivity contribution in [1.82, 2.24) is 0 Å². The lowest BCUT2D eigenvalue weighted by atomic mass is 9.68. The second-order valence-corrected chi connectivity index (χ2v) is 16.4. The first-order chi connectivity index (χ1) is 30.3. The van der Waals surface area contributed by atoms with E-state index in [0.29, 0.717) is 0 Å². The van der Waals surface area contributed by atoms with Gasteiger partial charge in [0.05, 0.1) is 5.41 Å². The lowest BCUT2D eigenvalue weighted by Gasteiger charge is -2.32. The molecule has 1 spiro atoms. The van der Waals surface area contributed by atoms with Gasteiger partial charge in [0.1, 0.15) is 0 Å². The lowest BCUT2D eigenvalue weighted by molar-refractivity contribution is 0.795. The van der Waals surface area contributed by atoms with E-state index >= 15 is 0 Å². The smallest absolute Gasteiger partial charge is 0.0622 e. The Hall–Kier alpha value is -7.80. The van der Waals surface area contributed by atoms with Crippen LogP contribution in [-0.4, -0.2) is 0 Å². The van der Waals surface area contributed by atoms with Gasteiger partial charge in [0.15, 0.2) is 0 Å². The molecule has 2 aliphatic carbocycles. The van der Waals surface area contributed by atoms with Gasteiger partial charge in [-0.2, -0.15) is 0 Å². The van der Waals surface area contributed by atoms with Crippen LogP contribution >= 0.6 is 0 Å². The van der Waals surface area contributed by atoms with Crippen molar-refractivity contribution in [1.29, 1.82) is 0 Å². The molecule has 0 N–H and O–H groups in total. The molecule has 12 rings (SSSR count). The third kappa shape index (κ3) is 5.53. The highest BCUT2D eigenvalue weighted by Crippen LogP contribution is 2.67. The minimum absolute atomic E-state index is 0.659. The van der Waals surface area contributed by atoms with Crippen LogP contribution in [-0.2, 0) is 5.41 Å². The number of benzene rings is 10. The molecule has 284 valence electrons. The molecule has 0 aromatic heterocycles. The Bertz CT molecular complexity index is 3020. The molecular weight excluding hydrogens is 733 g/mol. The van der Waals surface area contributed by atoms with Crippen LogP contribution in [0.5, 0.6) is 0 Å². The molecule has 0 heteroatoms. The first kappa shape index (κ1) is 35.2. The van der Waals surface area contributed by atoms with Crippen LogP contribution in [0.15, 0.2) is 243 Å². The minimum Gasteiger partial charge on any atom is -0.0622 e. The quantitative estimate of drug-likeness (QED) is 0.158. The van der Waals surface area contributed by atoms with Gasteiger partial charge in [-0.05, 0) is 148 Å². The summed E-state index contributed by atoms with van der Waals surface area (Å²) in [5, 5.41) is 0. The van der Waals surface area contributed by atoms with Crippen molar-refractivity contribution in [2.45, 2.75) is 5.41 Å².